The van der Waals surface area contributed by atoms with Gasteiger partial charge in [-0.1, -0.05) is 7.96 Å². The first-order chi connectivity index (χ1) is 8.49. The quantitative estimate of drug-likeness (QED) is 0.349. The van der Waals surface area contributed by atoms with Crippen molar-refractivity contribution in [3.05, 3.63) is 0 Å². The first-order valence-electron chi connectivity index (χ1n) is 6.00. The molecule has 1 radical (unpaired) electrons. The largest absolute Gasteiger partial charge is 0.396 e. The van der Waals surface area contributed by atoms with Crippen LogP contribution in [0.25, 0.3) is 0 Å². The Bertz CT molecular complexity index is 340. The van der Waals surface area contributed by atoms with Gasteiger partial charge in [0, 0.05) is 91.4 Å². The van der Waals surface area contributed by atoms with E-state index in [0.717, 1.165) is 12.8 Å². The molecule has 2 unspecified atom stereocenters. The molecule has 4 nitrogen and oxygen atoms in total. The molecule has 1 rings (SSSR count). The Balaban J connectivity index is 0.00000324. The van der Waals surface area contributed by atoms with Gasteiger partial charge < -0.3 is 15.0 Å². The van der Waals surface area contributed by atoms with Gasteiger partial charge in [-0.25, -0.2) is 0 Å². The summed E-state index contributed by atoms with van der Waals surface area (Å²) < 4.78 is 12.6. The number of ketones is 1. The Morgan fingerprint density at radius 3 is 2.94 bits per heavy atom. The number of carbonyl (C=O) groups excluding carboxylic acids is 1. The van der Waals surface area contributed by atoms with E-state index in [4.69, 9.17) is 11.2 Å². The summed E-state index contributed by atoms with van der Waals surface area (Å²) in [5.74, 6) is 0.453. The van der Waals surface area contributed by atoms with Crippen LogP contribution >= 0.6 is 29.2 Å². The van der Waals surface area contributed by atoms with Crippen LogP contribution in [0.3, 0.4) is 0 Å². The van der Waals surface area contributed by atoms with E-state index in [1.54, 1.807) is 6.92 Å². The number of aliphatic hydroxyl groups excluding tert-OH is 1. The van der Waals surface area contributed by atoms with E-state index in [1.165, 1.54) is 0 Å². The predicted molar refractivity (Wildman–Crippen MR) is 81.1 cm³/mol. The molecule has 0 spiro atoms. The molecule has 18 heavy (non-hydrogen) atoms. The number of hydrogen-bond donors (Lipinski definition) is 2. The summed E-state index contributed by atoms with van der Waals surface area (Å²) in [4.78, 5) is 11.4. The fourth-order valence-electron chi connectivity index (χ4n) is 2.48. The molecule has 0 aromatic rings. The monoisotopic (exact) mass is 620 g/mol. The van der Waals surface area contributed by atoms with Crippen LogP contribution < -0.4 is 5.73 Å². The standard InChI is InChI=1S/C10H19INO3PS.Ac/c1-6(14)7-2-8(4-13)9(3-7)10(12)5-15-17(11)16;/h7-10,13,16H,2-5,12H2,1H3;/t7-,8-,9+,10?,17?;/m0./s1/i16T;. The molecule has 0 saturated heterocycles. The average Bonchev–Trinajstić information content (AvgIpc) is 2.79. The Labute approximate surface area is 162 Å². The van der Waals surface area contributed by atoms with Crippen LogP contribution in [0.2, 0.25) is 0 Å². The van der Waals surface area contributed by atoms with Crippen molar-refractivity contribution in [2.75, 3.05) is 13.2 Å². The number of halogens is 1. The zero-order valence-corrected chi connectivity index (χ0v) is 18.9. The summed E-state index contributed by atoms with van der Waals surface area (Å²) >= 11 is 2.08. The van der Waals surface area contributed by atoms with Crippen molar-refractivity contribution >= 4 is 42.5 Å². The normalized spacial score (nSPS) is 31.6. The molecular weight excluding hydrogens is 599 g/mol. The maximum atomic E-state index is 11.4. The van der Waals surface area contributed by atoms with E-state index < -0.39 is 7.53 Å². The third-order valence-electron chi connectivity index (χ3n) is 3.47. The average molecular weight is 620 g/mol. The van der Waals surface area contributed by atoms with Crippen LogP contribution in [0.15, 0.2) is 0 Å². The summed E-state index contributed by atoms with van der Waals surface area (Å²) in [5.41, 5.74) is 6.10. The van der Waals surface area contributed by atoms with Gasteiger partial charge in [0.05, 0.1) is 6.61 Å². The molecule has 8 heteroatoms. The third-order valence-corrected chi connectivity index (χ3v) is 4.88. The minimum absolute atomic E-state index is 0. The molecule has 0 amide bonds. The summed E-state index contributed by atoms with van der Waals surface area (Å²) in [5, 5.41) is 9.37. The second kappa shape index (κ2) is 10.2. The van der Waals surface area contributed by atoms with Crippen LogP contribution in [-0.2, 0) is 16.5 Å². The number of Topliss-reactive ketones (excluding diaryl/α,β-unsaturated/α-hetero) is 1. The molecule has 0 aromatic heterocycles. The van der Waals surface area contributed by atoms with Crippen LogP contribution in [0.5, 0.6) is 0 Å². The minimum Gasteiger partial charge on any atom is -0.396 e. The van der Waals surface area contributed by atoms with E-state index in [2.05, 4.69) is 21.2 Å². The first-order valence-corrected chi connectivity index (χ1v) is 10.3. The molecule has 0 bridgehead atoms. The maximum absolute atomic E-state index is 11.4. The fraction of sp³-hybridized carbons (Fsp3) is 0.900. The Morgan fingerprint density at radius 1 is 1.78 bits per heavy atom. The Kier molecular flexibility index (Phi) is 10.4. The van der Waals surface area contributed by atoms with Crippen molar-refractivity contribution in [2.45, 2.75) is 25.8 Å². The predicted octanol–water partition coefficient (Wildman–Crippen LogP) is 1.50. The minimum atomic E-state index is -0.429. The second-order valence-electron chi connectivity index (χ2n) is 4.54. The first kappa shape index (κ1) is 18.4. The fourth-order valence-corrected chi connectivity index (χ4v) is 3.37. The molecule has 3 N–H and O–H groups in total. The van der Waals surface area contributed by atoms with Crippen LogP contribution in [0.1, 0.15) is 19.8 Å². The zero-order chi connectivity index (χ0) is 13.7. The van der Waals surface area contributed by atoms with Gasteiger partial charge in [-0.3, -0.25) is 4.79 Å². The number of carbonyl (C=O) groups is 1. The molecule has 0 heterocycles. The Hall–Kier alpha value is 2.37. The van der Waals surface area contributed by atoms with Crippen molar-refractivity contribution in [1.29, 1.82) is 1.28 Å². The van der Waals surface area contributed by atoms with Crippen LogP contribution in [0, 0.1) is 61.8 Å². The molecular formula is C10H19AcINO3PS. The van der Waals surface area contributed by atoms with Crippen molar-refractivity contribution in [2.24, 2.45) is 23.5 Å². The topological polar surface area (TPSA) is 72.5 Å². The molecule has 0 aromatic carbocycles. The molecule has 1 aliphatic rings. The zero-order valence-electron chi connectivity index (χ0n) is 11.3. The van der Waals surface area contributed by atoms with Gasteiger partial charge in [0.15, 0.2) is 0 Å². The van der Waals surface area contributed by atoms with E-state index >= 15 is 0 Å². The van der Waals surface area contributed by atoms with Gasteiger partial charge in [0.1, 0.15) is 7.06 Å². The summed E-state index contributed by atoms with van der Waals surface area (Å²) in [6, 6.07) is -0.169. The van der Waals surface area contributed by atoms with Gasteiger partial charge in [0.2, 0.25) is 0 Å². The van der Waals surface area contributed by atoms with Crippen molar-refractivity contribution < 1.29 is 58.1 Å². The number of aliphatic hydroxyl groups is 1. The Morgan fingerprint density at radius 2 is 2.44 bits per heavy atom. The number of rotatable bonds is 6. The van der Waals surface area contributed by atoms with Gasteiger partial charge in [-0.2, -0.15) is 0 Å². The van der Waals surface area contributed by atoms with Crippen molar-refractivity contribution in [3.8, 4) is 0 Å². The van der Waals surface area contributed by atoms with Gasteiger partial charge in [-0.15, -0.1) is 0 Å². The summed E-state index contributed by atoms with van der Waals surface area (Å²) in [7, 11) is 0.0283. The van der Waals surface area contributed by atoms with Crippen LogP contribution in [-0.4, -0.2) is 31.4 Å². The summed E-state index contributed by atoms with van der Waals surface area (Å²) in [6.45, 7) is 2.07. The van der Waals surface area contributed by atoms with Crippen LogP contribution in [0.4, 0.5) is 0 Å². The second-order valence-corrected chi connectivity index (χ2v) is 10.7. The molecule has 103 valence electrons. The van der Waals surface area contributed by atoms with Crippen molar-refractivity contribution in [3.63, 3.8) is 0 Å². The molecule has 1 fully saturated rings. The van der Waals surface area contributed by atoms with Gasteiger partial charge >= 0.3 is 0 Å². The molecule has 1 aliphatic carbocycles. The van der Waals surface area contributed by atoms with Gasteiger partial charge in [0.25, 0.3) is 0 Å². The third kappa shape index (κ3) is 6.43. The SMILES string of the molecule is [3H]P=S(I)OCC(N)[C@@H]1C[C@@H](C(C)=O)C[C@H]1CO.[Ac]. The smallest absolute Gasteiger partial charge is 0.132 e. The van der Waals surface area contributed by atoms with E-state index in [0.29, 0.717) is 14.6 Å². The van der Waals surface area contributed by atoms with E-state index in [1.807, 2.05) is 0 Å². The van der Waals surface area contributed by atoms with Gasteiger partial charge in [-0.05, 0) is 31.6 Å². The van der Waals surface area contributed by atoms with E-state index in [-0.39, 0.29) is 80.2 Å². The molecule has 5 atom stereocenters. The summed E-state index contributed by atoms with van der Waals surface area (Å²) in [6.07, 6.45) is 1.48. The number of hydrogen-bond acceptors (Lipinski definition) is 4. The molecule has 1 saturated carbocycles. The van der Waals surface area contributed by atoms with E-state index in [9.17, 15) is 9.90 Å². The number of nitrogens with two attached hydrogens (primary N) is 1. The maximum Gasteiger partial charge on any atom is 0.132 e. The van der Waals surface area contributed by atoms with Crippen molar-refractivity contribution in [1.82, 2.24) is 0 Å². The molecule has 0 aliphatic heterocycles.